The van der Waals surface area contributed by atoms with Crippen molar-refractivity contribution in [2.45, 2.75) is 30.6 Å². The lowest BCUT2D eigenvalue weighted by atomic mass is 9.95. The van der Waals surface area contributed by atoms with Crippen molar-refractivity contribution in [3.63, 3.8) is 0 Å². The lowest BCUT2D eigenvalue weighted by Crippen LogP contribution is -2.45. The van der Waals surface area contributed by atoms with E-state index in [4.69, 9.17) is 0 Å². The fraction of sp³-hybridized carbons (Fsp3) is 0.312. The van der Waals surface area contributed by atoms with Crippen molar-refractivity contribution in [3.05, 3.63) is 60.2 Å². The number of benzene rings is 1. The van der Waals surface area contributed by atoms with Gasteiger partial charge in [0.1, 0.15) is 12.4 Å². The van der Waals surface area contributed by atoms with E-state index >= 15 is 0 Å². The number of aromatic nitrogens is 2. The van der Waals surface area contributed by atoms with E-state index < -0.39 is 18.2 Å². The summed E-state index contributed by atoms with van der Waals surface area (Å²) in [5.41, 5.74) is 1.30. The molecule has 1 aliphatic rings. The van der Waals surface area contributed by atoms with Crippen molar-refractivity contribution in [1.29, 1.82) is 0 Å². The van der Waals surface area contributed by atoms with Crippen LogP contribution in [-0.4, -0.2) is 44.3 Å². The van der Waals surface area contributed by atoms with Crippen LogP contribution in [0.15, 0.2) is 49.1 Å². The molecule has 0 spiro atoms. The average Bonchev–Trinajstić information content (AvgIpc) is 2.85. The van der Waals surface area contributed by atoms with Gasteiger partial charge in [-0.15, -0.1) is 0 Å². The number of carbonyl (C=O) groups is 1. The highest BCUT2D eigenvalue weighted by Gasteiger charge is 2.43. The zero-order chi connectivity index (χ0) is 15.5. The minimum Gasteiger partial charge on any atom is -0.390 e. The summed E-state index contributed by atoms with van der Waals surface area (Å²) in [4.78, 5) is 20.2. The molecule has 1 fully saturated rings. The lowest BCUT2D eigenvalue weighted by Gasteiger charge is -2.23. The molecule has 6 heteroatoms. The Hall–Kier alpha value is -2.31. The first kappa shape index (κ1) is 14.6. The second-order valence-electron chi connectivity index (χ2n) is 5.44. The quantitative estimate of drug-likeness (QED) is 0.766. The van der Waals surface area contributed by atoms with Crippen molar-refractivity contribution in [3.8, 4) is 0 Å². The molecule has 1 aromatic carbocycles. The molecule has 2 aromatic rings. The van der Waals surface area contributed by atoms with Gasteiger partial charge in [0.2, 0.25) is 0 Å². The van der Waals surface area contributed by atoms with Crippen LogP contribution in [0.4, 0.5) is 0 Å². The topological polar surface area (TPSA) is 95.3 Å². The van der Waals surface area contributed by atoms with Crippen molar-refractivity contribution in [1.82, 2.24) is 15.3 Å². The number of amides is 1. The Bertz CT molecular complexity index is 636. The molecule has 1 aliphatic carbocycles. The molecular formula is C16H17N3O3. The second kappa shape index (κ2) is 6.21. The highest BCUT2D eigenvalue weighted by molar-refractivity contribution is 5.94. The van der Waals surface area contributed by atoms with Crippen molar-refractivity contribution < 1.29 is 15.0 Å². The molecular weight excluding hydrogens is 282 g/mol. The Morgan fingerprint density at radius 1 is 1.14 bits per heavy atom. The van der Waals surface area contributed by atoms with E-state index in [1.165, 1.54) is 6.33 Å². The molecule has 4 unspecified atom stereocenters. The number of aliphatic hydroxyl groups excluding tert-OH is 2. The first-order valence-electron chi connectivity index (χ1n) is 7.14. The number of nitrogens with one attached hydrogen (secondary N) is 1. The van der Waals surface area contributed by atoms with E-state index in [2.05, 4.69) is 15.3 Å². The molecule has 1 heterocycles. The summed E-state index contributed by atoms with van der Waals surface area (Å²) in [7, 11) is 0. The summed E-state index contributed by atoms with van der Waals surface area (Å²) < 4.78 is 0. The van der Waals surface area contributed by atoms with E-state index in [1.54, 1.807) is 36.7 Å². The Kier molecular flexibility index (Phi) is 4.13. The van der Waals surface area contributed by atoms with Gasteiger partial charge in [0, 0.05) is 23.9 Å². The zero-order valence-corrected chi connectivity index (χ0v) is 11.8. The molecule has 114 valence electrons. The van der Waals surface area contributed by atoms with Gasteiger partial charge in [-0.1, -0.05) is 18.2 Å². The van der Waals surface area contributed by atoms with Gasteiger partial charge < -0.3 is 15.5 Å². The Labute approximate surface area is 127 Å². The molecule has 4 atom stereocenters. The maximum atomic E-state index is 12.3. The van der Waals surface area contributed by atoms with Crippen LogP contribution in [0, 0.1) is 0 Å². The van der Waals surface area contributed by atoms with Gasteiger partial charge in [-0.25, -0.2) is 9.97 Å². The SMILES string of the molecule is O=C(NC1C(c2cncnc2)CC(O)C1O)c1ccccc1. The van der Waals surface area contributed by atoms with Crippen LogP contribution in [0.5, 0.6) is 0 Å². The third-order valence-electron chi connectivity index (χ3n) is 4.03. The van der Waals surface area contributed by atoms with E-state index in [0.717, 1.165) is 5.56 Å². The minimum atomic E-state index is -1.02. The van der Waals surface area contributed by atoms with Gasteiger partial charge in [0.15, 0.2) is 0 Å². The highest BCUT2D eigenvalue weighted by atomic mass is 16.3. The minimum absolute atomic E-state index is 0.223. The van der Waals surface area contributed by atoms with E-state index in [0.29, 0.717) is 12.0 Å². The van der Waals surface area contributed by atoms with Gasteiger partial charge in [0.25, 0.3) is 5.91 Å². The average molecular weight is 299 g/mol. The van der Waals surface area contributed by atoms with E-state index in [9.17, 15) is 15.0 Å². The van der Waals surface area contributed by atoms with E-state index in [1.807, 2.05) is 6.07 Å². The molecule has 3 N–H and O–H groups in total. The Morgan fingerprint density at radius 2 is 1.82 bits per heavy atom. The molecule has 22 heavy (non-hydrogen) atoms. The van der Waals surface area contributed by atoms with Crippen LogP contribution in [0.2, 0.25) is 0 Å². The van der Waals surface area contributed by atoms with Gasteiger partial charge in [-0.3, -0.25) is 4.79 Å². The fourth-order valence-electron chi connectivity index (χ4n) is 2.88. The largest absolute Gasteiger partial charge is 0.390 e. The fourth-order valence-corrected chi connectivity index (χ4v) is 2.88. The normalized spacial score (nSPS) is 27.5. The monoisotopic (exact) mass is 299 g/mol. The first-order chi connectivity index (χ1) is 10.7. The summed E-state index contributed by atoms with van der Waals surface area (Å²) >= 11 is 0. The first-order valence-corrected chi connectivity index (χ1v) is 7.14. The molecule has 6 nitrogen and oxygen atoms in total. The van der Waals surface area contributed by atoms with Crippen LogP contribution < -0.4 is 5.32 Å². The van der Waals surface area contributed by atoms with Crippen molar-refractivity contribution >= 4 is 5.91 Å². The number of rotatable bonds is 3. The highest BCUT2D eigenvalue weighted by Crippen LogP contribution is 2.34. The standard InChI is InChI=1S/C16H17N3O3/c20-13-6-12(11-7-17-9-18-8-11)14(15(13)21)19-16(22)10-4-2-1-3-5-10/h1-5,7-9,12-15,20-21H,6H2,(H,19,22). The molecule has 1 aromatic heterocycles. The molecule has 0 radical (unpaired) electrons. The number of hydrogen-bond donors (Lipinski definition) is 3. The summed E-state index contributed by atoms with van der Waals surface area (Å²) in [6.07, 6.45) is 3.16. The second-order valence-corrected chi connectivity index (χ2v) is 5.44. The van der Waals surface area contributed by atoms with Crippen molar-refractivity contribution in [2.24, 2.45) is 0 Å². The van der Waals surface area contributed by atoms with E-state index in [-0.39, 0.29) is 11.8 Å². The third kappa shape index (κ3) is 2.84. The van der Waals surface area contributed by atoms with Crippen LogP contribution >= 0.6 is 0 Å². The van der Waals surface area contributed by atoms with Gasteiger partial charge in [-0.05, 0) is 24.1 Å². The smallest absolute Gasteiger partial charge is 0.251 e. The lowest BCUT2D eigenvalue weighted by molar-refractivity contribution is 0.0294. The summed E-state index contributed by atoms with van der Waals surface area (Å²) in [5.74, 6) is -0.500. The van der Waals surface area contributed by atoms with Crippen molar-refractivity contribution in [2.75, 3.05) is 0 Å². The van der Waals surface area contributed by atoms with Crippen LogP contribution in [0.1, 0.15) is 28.3 Å². The molecule has 1 amide bonds. The molecule has 3 rings (SSSR count). The van der Waals surface area contributed by atoms with Gasteiger partial charge >= 0.3 is 0 Å². The molecule has 0 saturated heterocycles. The predicted molar refractivity (Wildman–Crippen MR) is 79.1 cm³/mol. The Morgan fingerprint density at radius 3 is 2.50 bits per heavy atom. The van der Waals surface area contributed by atoms with Crippen LogP contribution in [0.3, 0.4) is 0 Å². The van der Waals surface area contributed by atoms with Crippen LogP contribution in [-0.2, 0) is 0 Å². The number of aliphatic hydroxyl groups is 2. The zero-order valence-electron chi connectivity index (χ0n) is 11.8. The summed E-state index contributed by atoms with van der Waals surface area (Å²) in [5, 5.41) is 22.9. The summed E-state index contributed by atoms with van der Waals surface area (Å²) in [6.45, 7) is 0. The maximum Gasteiger partial charge on any atom is 0.251 e. The predicted octanol–water partition coefficient (Wildman–Crippen LogP) is 0.484. The third-order valence-corrected chi connectivity index (χ3v) is 4.03. The Balaban J connectivity index is 1.82. The molecule has 0 aliphatic heterocycles. The summed E-state index contributed by atoms with van der Waals surface area (Å²) in [6, 6.07) is 8.21. The van der Waals surface area contributed by atoms with Crippen LogP contribution in [0.25, 0.3) is 0 Å². The maximum absolute atomic E-state index is 12.3. The van der Waals surface area contributed by atoms with Gasteiger partial charge in [0.05, 0.1) is 12.1 Å². The number of hydrogen-bond acceptors (Lipinski definition) is 5. The molecule has 1 saturated carbocycles. The van der Waals surface area contributed by atoms with Gasteiger partial charge in [-0.2, -0.15) is 0 Å². The number of nitrogens with zero attached hydrogens (tertiary/aromatic N) is 2. The number of carbonyl (C=O) groups excluding carboxylic acids is 1. The molecule has 0 bridgehead atoms.